The summed E-state index contributed by atoms with van der Waals surface area (Å²) in [6.45, 7) is 9.02. The van der Waals surface area contributed by atoms with Crippen molar-refractivity contribution in [2.24, 2.45) is 7.05 Å². The number of rotatable bonds is 4. The Bertz CT molecular complexity index is 931. The first-order valence-corrected chi connectivity index (χ1v) is 8.61. The third-order valence-electron chi connectivity index (χ3n) is 3.67. The van der Waals surface area contributed by atoms with E-state index in [4.69, 9.17) is 0 Å². The van der Waals surface area contributed by atoms with Crippen molar-refractivity contribution in [3.8, 4) is 11.3 Å². The van der Waals surface area contributed by atoms with Gasteiger partial charge in [0, 0.05) is 18.1 Å². The summed E-state index contributed by atoms with van der Waals surface area (Å²) in [7, 11) is 1.67. The summed E-state index contributed by atoms with van der Waals surface area (Å²) in [4.78, 5) is 17.2. The first-order chi connectivity index (χ1) is 11.6. The Morgan fingerprint density at radius 3 is 2.64 bits per heavy atom. The number of thiazole rings is 1. The van der Waals surface area contributed by atoms with Crippen LogP contribution in [-0.2, 0) is 19.0 Å². The molecular weight excluding hydrogens is 340 g/mol. The van der Waals surface area contributed by atoms with E-state index in [0.717, 1.165) is 10.7 Å². The summed E-state index contributed by atoms with van der Waals surface area (Å²) in [6.07, 6.45) is 3.35. The molecule has 0 bridgehead atoms. The molecular formula is C16H20N6O2S. The maximum atomic E-state index is 11.3. The highest BCUT2D eigenvalue weighted by atomic mass is 32.1. The third kappa shape index (κ3) is 3.46. The second kappa shape index (κ2) is 6.07. The van der Waals surface area contributed by atoms with Gasteiger partial charge < -0.3 is 5.11 Å². The molecule has 3 aromatic rings. The van der Waals surface area contributed by atoms with E-state index in [1.807, 2.05) is 6.92 Å². The number of aromatic carboxylic acids is 1. The van der Waals surface area contributed by atoms with Crippen molar-refractivity contribution in [1.82, 2.24) is 29.8 Å². The van der Waals surface area contributed by atoms with Gasteiger partial charge in [-0.05, 0) is 12.3 Å². The van der Waals surface area contributed by atoms with Crippen LogP contribution in [0.3, 0.4) is 0 Å². The number of hydrogen-bond donors (Lipinski definition) is 1. The van der Waals surface area contributed by atoms with E-state index in [9.17, 15) is 9.90 Å². The van der Waals surface area contributed by atoms with Crippen molar-refractivity contribution in [2.75, 3.05) is 0 Å². The number of hydrogen-bond acceptors (Lipinski definition) is 6. The molecule has 0 radical (unpaired) electrons. The molecule has 0 saturated heterocycles. The number of carbonyl (C=O) groups is 1. The zero-order chi connectivity index (χ0) is 18.4. The predicted octanol–water partition coefficient (Wildman–Crippen LogP) is 2.49. The fraction of sp³-hybridized carbons (Fsp3) is 0.438. The number of carboxylic acid groups (broad SMARTS) is 1. The molecule has 3 aromatic heterocycles. The molecule has 0 atom stereocenters. The van der Waals surface area contributed by atoms with Crippen molar-refractivity contribution in [1.29, 1.82) is 0 Å². The second-order valence-corrected chi connectivity index (χ2v) is 8.03. The molecule has 0 spiro atoms. The fourth-order valence-electron chi connectivity index (χ4n) is 2.69. The molecule has 0 fully saturated rings. The zero-order valence-electron chi connectivity index (χ0n) is 14.8. The second-order valence-electron chi connectivity index (χ2n) is 6.94. The fourth-order valence-corrected chi connectivity index (χ4v) is 3.80. The van der Waals surface area contributed by atoms with Gasteiger partial charge in [0.15, 0.2) is 5.69 Å². The maximum Gasteiger partial charge on any atom is 0.357 e. The Balaban J connectivity index is 1.87. The lowest BCUT2D eigenvalue weighted by Crippen LogP contribution is -2.10. The topological polar surface area (TPSA) is 98.7 Å². The molecule has 9 heteroatoms. The van der Waals surface area contributed by atoms with Crippen LogP contribution in [0.2, 0.25) is 0 Å². The smallest absolute Gasteiger partial charge is 0.357 e. The van der Waals surface area contributed by atoms with E-state index in [1.165, 1.54) is 9.56 Å². The van der Waals surface area contributed by atoms with Crippen LogP contribution < -0.4 is 0 Å². The lowest BCUT2D eigenvalue weighted by atomic mass is 9.94. The highest BCUT2D eigenvalue weighted by Crippen LogP contribution is 2.31. The molecule has 0 aliphatic carbocycles. The minimum Gasteiger partial charge on any atom is -0.476 e. The summed E-state index contributed by atoms with van der Waals surface area (Å²) < 4.78 is 3.12. The average molecular weight is 360 g/mol. The first-order valence-electron chi connectivity index (χ1n) is 7.79. The molecule has 1 N–H and O–H groups in total. The van der Waals surface area contributed by atoms with E-state index in [-0.39, 0.29) is 11.1 Å². The standard InChI is InChI=1S/C16H20N6O2S/c1-9-14(16(2,3)4)25-12(17-9)8-22-7-11(18-20-22)10-6-21(5)19-13(10)15(23)24/h6-7H,8H2,1-5H3,(H,23,24). The van der Waals surface area contributed by atoms with Gasteiger partial charge in [-0.15, -0.1) is 16.4 Å². The molecule has 8 nitrogen and oxygen atoms in total. The molecule has 0 amide bonds. The maximum absolute atomic E-state index is 11.3. The first kappa shape index (κ1) is 17.3. The summed E-state index contributed by atoms with van der Waals surface area (Å²) in [5, 5.41) is 22.3. The van der Waals surface area contributed by atoms with E-state index in [0.29, 0.717) is 17.8 Å². The van der Waals surface area contributed by atoms with Crippen LogP contribution in [0.15, 0.2) is 12.4 Å². The van der Waals surface area contributed by atoms with Gasteiger partial charge in [-0.1, -0.05) is 26.0 Å². The lowest BCUT2D eigenvalue weighted by molar-refractivity contribution is 0.0690. The Hall–Kier alpha value is -2.55. The predicted molar refractivity (Wildman–Crippen MR) is 93.8 cm³/mol. The summed E-state index contributed by atoms with van der Waals surface area (Å²) in [5.41, 5.74) is 1.99. The van der Waals surface area contributed by atoms with E-state index in [2.05, 4.69) is 41.2 Å². The van der Waals surface area contributed by atoms with Crippen molar-refractivity contribution >= 4 is 17.3 Å². The molecule has 0 aliphatic heterocycles. The summed E-state index contributed by atoms with van der Waals surface area (Å²) >= 11 is 1.67. The van der Waals surface area contributed by atoms with Crippen LogP contribution in [0.4, 0.5) is 0 Å². The van der Waals surface area contributed by atoms with Gasteiger partial charge in [-0.3, -0.25) is 4.68 Å². The van der Waals surface area contributed by atoms with Crippen molar-refractivity contribution in [3.63, 3.8) is 0 Å². The third-order valence-corrected chi connectivity index (χ3v) is 5.23. The molecule has 0 saturated carbocycles. The van der Waals surface area contributed by atoms with Gasteiger partial charge in [0.1, 0.15) is 10.7 Å². The van der Waals surface area contributed by atoms with Gasteiger partial charge in [0.2, 0.25) is 0 Å². The Kier molecular flexibility index (Phi) is 4.19. The van der Waals surface area contributed by atoms with Gasteiger partial charge in [-0.2, -0.15) is 5.10 Å². The average Bonchev–Trinajstić information content (AvgIpc) is 3.17. The normalized spacial score (nSPS) is 11.9. The molecule has 0 aromatic carbocycles. The monoisotopic (exact) mass is 360 g/mol. The number of aromatic nitrogens is 6. The Labute approximate surface area is 149 Å². The number of aryl methyl sites for hydroxylation is 2. The van der Waals surface area contributed by atoms with E-state index in [1.54, 1.807) is 35.5 Å². The van der Waals surface area contributed by atoms with Gasteiger partial charge in [-0.25, -0.2) is 14.5 Å². The quantitative estimate of drug-likeness (QED) is 0.767. The molecule has 0 unspecified atom stereocenters. The Morgan fingerprint density at radius 1 is 1.32 bits per heavy atom. The molecule has 3 rings (SSSR count). The van der Waals surface area contributed by atoms with Gasteiger partial charge in [0.25, 0.3) is 0 Å². The zero-order valence-corrected chi connectivity index (χ0v) is 15.6. The van der Waals surface area contributed by atoms with Gasteiger partial charge in [0.05, 0.1) is 24.0 Å². The summed E-state index contributed by atoms with van der Waals surface area (Å²) in [6, 6.07) is 0. The number of nitrogens with zero attached hydrogens (tertiary/aromatic N) is 6. The highest BCUT2D eigenvalue weighted by molar-refractivity contribution is 7.11. The van der Waals surface area contributed by atoms with Crippen LogP contribution in [0.1, 0.15) is 46.8 Å². The summed E-state index contributed by atoms with van der Waals surface area (Å²) in [5.74, 6) is -1.09. The van der Waals surface area contributed by atoms with Crippen molar-refractivity contribution in [2.45, 2.75) is 39.7 Å². The minimum absolute atomic E-state index is 0.0327. The lowest BCUT2D eigenvalue weighted by Gasteiger charge is -2.16. The van der Waals surface area contributed by atoms with E-state index >= 15 is 0 Å². The Morgan fingerprint density at radius 2 is 2.04 bits per heavy atom. The van der Waals surface area contributed by atoms with Gasteiger partial charge >= 0.3 is 5.97 Å². The molecule has 25 heavy (non-hydrogen) atoms. The van der Waals surface area contributed by atoms with Crippen molar-refractivity contribution < 1.29 is 9.90 Å². The highest BCUT2D eigenvalue weighted by Gasteiger charge is 2.22. The van der Waals surface area contributed by atoms with Crippen LogP contribution in [0.25, 0.3) is 11.3 Å². The molecule has 132 valence electrons. The van der Waals surface area contributed by atoms with Crippen LogP contribution >= 0.6 is 11.3 Å². The number of carboxylic acids is 1. The van der Waals surface area contributed by atoms with Crippen molar-refractivity contribution in [3.05, 3.63) is 33.7 Å². The molecule has 0 aliphatic rings. The van der Waals surface area contributed by atoms with E-state index < -0.39 is 5.97 Å². The molecule has 3 heterocycles. The van der Waals surface area contributed by atoms with Crippen LogP contribution in [0, 0.1) is 6.92 Å². The minimum atomic E-state index is -1.09. The van der Waals surface area contributed by atoms with Crippen LogP contribution in [0.5, 0.6) is 0 Å². The van der Waals surface area contributed by atoms with Crippen LogP contribution in [-0.4, -0.2) is 40.8 Å². The SMILES string of the molecule is Cc1nc(Cn2cc(-c3cn(C)nc3C(=O)O)nn2)sc1C(C)(C)C. The largest absolute Gasteiger partial charge is 0.476 e.